The van der Waals surface area contributed by atoms with Gasteiger partial charge in [-0.25, -0.2) is 8.42 Å². The van der Waals surface area contributed by atoms with Crippen LogP contribution in [0.15, 0.2) is 41.3 Å². The van der Waals surface area contributed by atoms with Gasteiger partial charge in [0.1, 0.15) is 0 Å². The van der Waals surface area contributed by atoms with E-state index in [9.17, 15) is 18.5 Å². The van der Waals surface area contributed by atoms with Crippen LogP contribution in [0.5, 0.6) is 0 Å². The highest BCUT2D eigenvalue weighted by molar-refractivity contribution is 7.89. The molecule has 6 nitrogen and oxygen atoms in total. The molecule has 0 heterocycles. The molecule has 0 saturated carbocycles. The normalized spacial score (nSPS) is 11.7. The maximum Gasteiger partial charge on any atom is 0.273 e. The van der Waals surface area contributed by atoms with Crippen molar-refractivity contribution in [2.45, 2.75) is 18.4 Å². The Balaban J connectivity index is 2.38. The maximum atomic E-state index is 12.6. The third-order valence-electron chi connectivity index (χ3n) is 3.51. The topological polar surface area (TPSA) is 80.5 Å². The average molecular weight is 389 g/mol. The Bertz CT molecular complexity index is 900. The van der Waals surface area contributed by atoms with E-state index >= 15 is 0 Å². The van der Waals surface area contributed by atoms with Gasteiger partial charge in [0, 0.05) is 25.2 Å². The molecule has 2 aromatic carbocycles. The number of hydrogen-bond donors (Lipinski definition) is 0. The minimum atomic E-state index is -3.91. The molecule has 0 aliphatic heterocycles. The van der Waals surface area contributed by atoms with E-state index in [1.807, 2.05) is 0 Å². The molecule has 0 aliphatic carbocycles. The van der Waals surface area contributed by atoms with E-state index in [-0.39, 0.29) is 22.2 Å². The Morgan fingerprint density at radius 1 is 1.21 bits per heavy atom. The van der Waals surface area contributed by atoms with Gasteiger partial charge in [0.2, 0.25) is 10.0 Å². The Hall–Kier alpha value is -1.67. The standard InChI is InChI=1S/C15H14Cl2N2O4S/c1-10-6-7-12(8-14(10)19(20)21)24(22,23)18(2)9-11-4-3-5-13(16)15(11)17/h3-8H,9H2,1-2H3. The number of halogens is 2. The summed E-state index contributed by atoms with van der Waals surface area (Å²) in [5, 5.41) is 11.6. The Morgan fingerprint density at radius 2 is 1.88 bits per heavy atom. The van der Waals surface area contributed by atoms with Gasteiger partial charge < -0.3 is 0 Å². The first-order valence-electron chi connectivity index (χ1n) is 6.79. The molecule has 0 N–H and O–H groups in total. The first-order chi connectivity index (χ1) is 11.1. The average Bonchev–Trinajstić information content (AvgIpc) is 2.51. The second-order valence-electron chi connectivity index (χ2n) is 5.18. The Morgan fingerprint density at radius 3 is 2.50 bits per heavy atom. The van der Waals surface area contributed by atoms with Gasteiger partial charge in [-0.05, 0) is 24.6 Å². The summed E-state index contributed by atoms with van der Waals surface area (Å²) >= 11 is 12.0. The van der Waals surface area contributed by atoms with Crippen LogP contribution in [-0.2, 0) is 16.6 Å². The van der Waals surface area contributed by atoms with Crippen LogP contribution in [0.1, 0.15) is 11.1 Å². The summed E-state index contributed by atoms with van der Waals surface area (Å²) in [6, 6.07) is 8.74. The molecule has 128 valence electrons. The molecule has 9 heteroatoms. The Kier molecular flexibility index (Phi) is 5.49. The van der Waals surface area contributed by atoms with Crippen LogP contribution in [-0.4, -0.2) is 24.7 Å². The molecule has 0 spiro atoms. The van der Waals surface area contributed by atoms with Crippen molar-refractivity contribution in [3.63, 3.8) is 0 Å². The molecule has 0 unspecified atom stereocenters. The van der Waals surface area contributed by atoms with Gasteiger partial charge in [-0.3, -0.25) is 10.1 Å². The van der Waals surface area contributed by atoms with Crippen LogP contribution in [0.25, 0.3) is 0 Å². The number of nitrogens with zero attached hydrogens (tertiary/aromatic N) is 2. The predicted octanol–water partition coefficient (Wildman–Crippen LogP) is 4.03. The van der Waals surface area contributed by atoms with Crippen LogP contribution < -0.4 is 0 Å². The summed E-state index contributed by atoms with van der Waals surface area (Å²) < 4.78 is 26.4. The van der Waals surface area contributed by atoms with Crippen LogP contribution in [0.2, 0.25) is 10.0 Å². The van der Waals surface area contributed by atoms with Gasteiger partial charge in [0.25, 0.3) is 5.69 Å². The smallest absolute Gasteiger partial charge is 0.258 e. The van der Waals surface area contributed by atoms with E-state index in [0.29, 0.717) is 16.1 Å². The summed E-state index contributed by atoms with van der Waals surface area (Å²) in [6.07, 6.45) is 0. The van der Waals surface area contributed by atoms with Crippen molar-refractivity contribution in [1.82, 2.24) is 4.31 Å². The number of hydrogen-bond acceptors (Lipinski definition) is 4. The lowest BCUT2D eigenvalue weighted by atomic mass is 10.2. The summed E-state index contributed by atoms with van der Waals surface area (Å²) in [6.45, 7) is 1.54. The molecule has 0 bridgehead atoms. The predicted molar refractivity (Wildman–Crippen MR) is 92.9 cm³/mol. The van der Waals surface area contributed by atoms with E-state index in [0.717, 1.165) is 10.4 Å². The molecule has 0 fully saturated rings. The van der Waals surface area contributed by atoms with E-state index in [4.69, 9.17) is 23.2 Å². The molecular formula is C15H14Cl2N2O4S. The molecule has 2 rings (SSSR count). The van der Waals surface area contributed by atoms with E-state index in [2.05, 4.69) is 0 Å². The van der Waals surface area contributed by atoms with Crippen molar-refractivity contribution in [3.05, 3.63) is 67.7 Å². The highest BCUT2D eigenvalue weighted by Crippen LogP contribution is 2.29. The van der Waals surface area contributed by atoms with Crippen molar-refractivity contribution in [2.24, 2.45) is 0 Å². The third kappa shape index (κ3) is 3.70. The monoisotopic (exact) mass is 388 g/mol. The van der Waals surface area contributed by atoms with Crippen LogP contribution in [0, 0.1) is 17.0 Å². The fourth-order valence-electron chi connectivity index (χ4n) is 2.12. The van der Waals surface area contributed by atoms with Gasteiger partial charge >= 0.3 is 0 Å². The van der Waals surface area contributed by atoms with Crippen LogP contribution in [0.4, 0.5) is 5.69 Å². The summed E-state index contributed by atoms with van der Waals surface area (Å²) in [5.41, 5.74) is 0.682. The Labute approximate surface area is 149 Å². The van der Waals surface area contributed by atoms with E-state index < -0.39 is 14.9 Å². The number of nitro groups is 1. The van der Waals surface area contributed by atoms with Gasteiger partial charge in [0.15, 0.2) is 0 Å². The zero-order chi connectivity index (χ0) is 18.1. The van der Waals surface area contributed by atoms with Crippen molar-refractivity contribution < 1.29 is 13.3 Å². The number of aryl methyl sites for hydroxylation is 1. The van der Waals surface area contributed by atoms with E-state index in [1.54, 1.807) is 25.1 Å². The van der Waals surface area contributed by atoms with Crippen molar-refractivity contribution in [3.8, 4) is 0 Å². The quantitative estimate of drug-likeness (QED) is 0.571. The molecular weight excluding hydrogens is 375 g/mol. The number of rotatable bonds is 5. The van der Waals surface area contributed by atoms with Gasteiger partial charge in [-0.2, -0.15) is 4.31 Å². The molecule has 2 aromatic rings. The van der Waals surface area contributed by atoms with Crippen molar-refractivity contribution in [1.29, 1.82) is 0 Å². The molecule has 0 amide bonds. The van der Waals surface area contributed by atoms with Crippen LogP contribution >= 0.6 is 23.2 Å². The van der Waals surface area contributed by atoms with Gasteiger partial charge in [0.05, 0.1) is 19.9 Å². The minimum absolute atomic E-state index is 0.0105. The molecule has 0 radical (unpaired) electrons. The SMILES string of the molecule is Cc1ccc(S(=O)(=O)N(C)Cc2cccc(Cl)c2Cl)cc1[N+](=O)[O-]. The van der Waals surface area contributed by atoms with Gasteiger partial charge in [-0.1, -0.05) is 41.4 Å². The van der Waals surface area contributed by atoms with Crippen molar-refractivity contribution in [2.75, 3.05) is 7.05 Å². The van der Waals surface area contributed by atoms with Gasteiger partial charge in [-0.15, -0.1) is 0 Å². The lowest BCUT2D eigenvalue weighted by molar-refractivity contribution is -0.385. The largest absolute Gasteiger partial charge is 0.273 e. The number of benzene rings is 2. The third-order valence-corrected chi connectivity index (χ3v) is 6.17. The molecule has 0 aromatic heterocycles. The lowest BCUT2D eigenvalue weighted by Gasteiger charge is -2.18. The zero-order valence-corrected chi connectivity index (χ0v) is 15.2. The maximum absolute atomic E-state index is 12.6. The van der Waals surface area contributed by atoms with E-state index in [1.165, 1.54) is 19.2 Å². The van der Waals surface area contributed by atoms with Crippen molar-refractivity contribution >= 4 is 38.9 Å². The highest BCUT2D eigenvalue weighted by atomic mass is 35.5. The fourth-order valence-corrected chi connectivity index (χ4v) is 3.67. The summed E-state index contributed by atoms with van der Waals surface area (Å²) in [4.78, 5) is 10.2. The first kappa shape index (κ1) is 18.7. The molecule has 0 atom stereocenters. The number of sulfonamides is 1. The highest BCUT2D eigenvalue weighted by Gasteiger charge is 2.25. The summed E-state index contributed by atoms with van der Waals surface area (Å²) in [5.74, 6) is 0. The first-order valence-corrected chi connectivity index (χ1v) is 8.98. The lowest BCUT2D eigenvalue weighted by Crippen LogP contribution is -2.26. The fraction of sp³-hybridized carbons (Fsp3) is 0.200. The zero-order valence-electron chi connectivity index (χ0n) is 12.9. The van der Waals surface area contributed by atoms with Crippen LogP contribution in [0.3, 0.4) is 0 Å². The number of nitro benzene ring substituents is 1. The molecule has 0 aliphatic rings. The molecule has 0 saturated heterocycles. The minimum Gasteiger partial charge on any atom is -0.258 e. The molecule has 24 heavy (non-hydrogen) atoms. The summed E-state index contributed by atoms with van der Waals surface area (Å²) in [7, 11) is -2.54. The second-order valence-corrected chi connectivity index (χ2v) is 8.01. The second kappa shape index (κ2) is 7.06.